The first-order valence-corrected chi connectivity index (χ1v) is 5.35. The lowest BCUT2D eigenvalue weighted by atomic mass is 10.0. The van der Waals surface area contributed by atoms with Crippen LogP contribution in [0.3, 0.4) is 0 Å². The number of ether oxygens (including phenoxy) is 1. The van der Waals surface area contributed by atoms with Crippen molar-refractivity contribution in [1.29, 1.82) is 0 Å². The predicted molar refractivity (Wildman–Crippen MR) is 57.2 cm³/mol. The average molecular weight is 244 g/mol. The summed E-state index contributed by atoms with van der Waals surface area (Å²) in [7, 11) is 0. The highest BCUT2D eigenvalue weighted by atomic mass is 16.5. The topological polar surface area (TPSA) is 105 Å². The van der Waals surface area contributed by atoms with E-state index in [1.165, 1.54) is 0 Å². The minimum Gasteiger partial charge on any atom is -0.480 e. The molecular weight excluding hydrogens is 228 g/mol. The van der Waals surface area contributed by atoms with Crippen molar-refractivity contribution in [1.82, 2.24) is 10.6 Å². The Balaban J connectivity index is 2.28. The number of rotatable bonds is 5. The van der Waals surface area contributed by atoms with E-state index in [0.29, 0.717) is 13.0 Å². The first kappa shape index (κ1) is 13.4. The van der Waals surface area contributed by atoms with Crippen LogP contribution in [0, 0.1) is 0 Å². The number of hydrogen-bond acceptors (Lipinski definition) is 4. The largest absolute Gasteiger partial charge is 0.480 e. The fraction of sp³-hybridized carbons (Fsp3) is 0.700. The second-order valence-corrected chi connectivity index (χ2v) is 4.04. The fourth-order valence-electron chi connectivity index (χ4n) is 1.54. The van der Waals surface area contributed by atoms with Crippen molar-refractivity contribution >= 4 is 17.8 Å². The zero-order valence-electron chi connectivity index (χ0n) is 9.62. The van der Waals surface area contributed by atoms with Gasteiger partial charge < -0.3 is 20.5 Å². The maximum atomic E-state index is 11.7. The molecule has 1 rings (SSSR count). The summed E-state index contributed by atoms with van der Waals surface area (Å²) in [6, 6.07) is 0. The van der Waals surface area contributed by atoms with Crippen molar-refractivity contribution in [2.24, 2.45) is 0 Å². The number of carbonyl (C=O) groups is 3. The van der Waals surface area contributed by atoms with Crippen LogP contribution in [0.5, 0.6) is 0 Å². The number of nitrogens with one attached hydrogen (secondary N) is 2. The number of carbonyl (C=O) groups excluding carboxylic acids is 2. The van der Waals surface area contributed by atoms with Crippen LogP contribution in [0.2, 0.25) is 0 Å². The normalized spacial score (nSPS) is 23.1. The van der Waals surface area contributed by atoms with Crippen LogP contribution in [0.15, 0.2) is 0 Å². The molecule has 0 radical (unpaired) electrons. The van der Waals surface area contributed by atoms with Gasteiger partial charge in [-0.1, -0.05) is 0 Å². The van der Waals surface area contributed by atoms with Crippen LogP contribution in [-0.4, -0.2) is 48.2 Å². The van der Waals surface area contributed by atoms with Crippen molar-refractivity contribution in [3.8, 4) is 0 Å². The van der Waals surface area contributed by atoms with Gasteiger partial charge in [0.25, 0.3) is 5.91 Å². The van der Waals surface area contributed by atoms with Crippen molar-refractivity contribution in [2.75, 3.05) is 19.7 Å². The second-order valence-electron chi connectivity index (χ2n) is 4.04. The van der Waals surface area contributed by atoms with Crippen LogP contribution < -0.4 is 10.6 Å². The third-order valence-electron chi connectivity index (χ3n) is 2.55. The van der Waals surface area contributed by atoms with E-state index in [9.17, 15) is 14.4 Å². The molecule has 0 spiro atoms. The molecule has 1 unspecified atom stereocenters. The Morgan fingerprint density at radius 1 is 1.29 bits per heavy atom. The van der Waals surface area contributed by atoms with E-state index < -0.39 is 24.0 Å². The minimum absolute atomic E-state index is 0.245. The molecule has 1 fully saturated rings. The summed E-state index contributed by atoms with van der Waals surface area (Å²) < 4.78 is 5.29. The molecule has 0 saturated carbocycles. The summed E-state index contributed by atoms with van der Waals surface area (Å²) in [5, 5.41) is 12.9. The van der Waals surface area contributed by atoms with Gasteiger partial charge >= 0.3 is 5.97 Å². The lowest BCUT2D eigenvalue weighted by Crippen LogP contribution is -2.47. The molecule has 0 aromatic heterocycles. The van der Waals surface area contributed by atoms with Crippen molar-refractivity contribution in [3.63, 3.8) is 0 Å². The summed E-state index contributed by atoms with van der Waals surface area (Å²) >= 11 is 0. The van der Waals surface area contributed by atoms with E-state index in [1.807, 2.05) is 0 Å². The van der Waals surface area contributed by atoms with Gasteiger partial charge in [0.05, 0.1) is 6.54 Å². The highest BCUT2D eigenvalue weighted by Crippen LogP contribution is 2.24. The molecule has 1 aliphatic heterocycles. The monoisotopic (exact) mass is 244 g/mol. The van der Waals surface area contributed by atoms with Gasteiger partial charge in [-0.15, -0.1) is 0 Å². The first-order valence-electron chi connectivity index (χ1n) is 5.35. The quantitative estimate of drug-likeness (QED) is 0.567. The Hall–Kier alpha value is -1.63. The van der Waals surface area contributed by atoms with Gasteiger partial charge in [-0.3, -0.25) is 14.4 Å². The van der Waals surface area contributed by atoms with Crippen molar-refractivity contribution < 1.29 is 24.2 Å². The van der Waals surface area contributed by atoms with Gasteiger partial charge in [0, 0.05) is 6.61 Å². The Kier molecular flexibility index (Phi) is 4.45. The Morgan fingerprint density at radius 3 is 2.53 bits per heavy atom. The summed E-state index contributed by atoms with van der Waals surface area (Å²) in [4.78, 5) is 33.0. The number of aliphatic carboxylic acids is 1. The van der Waals surface area contributed by atoms with Gasteiger partial charge in [-0.25, -0.2) is 0 Å². The zero-order valence-corrected chi connectivity index (χ0v) is 9.62. The lowest BCUT2D eigenvalue weighted by molar-refractivity contribution is -0.141. The van der Waals surface area contributed by atoms with Crippen LogP contribution >= 0.6 is 0 Å². The molecule has 2 amide bonds. The van der Waals surface area contributed by atoms with E-state index >= 15 is 0 Å². The molecule has 0 aromatic rings. The zero-order chi connectivity index (χ0) is 12.9. The molecule has 7 nitrogen and oxygen atoms in total. The number of carboxylic acids is 1. The van der Waals surface area contributed by atoms with E-state index in [0.717, 1.165) is 6.42 Å². The summed E-state index contributed by atoms with van der Waals surface area (Å²) in [6.45, 7) is 1.51. The van der Waals surface area contributed by atoms with Gasteiger partial charge in [0.1, 0.15) is 12.1 Å². The van der Waals surface area contributed by atoms with Gasteiger partial charge in [0.2, 0.25) is 5.91 Å². The molecule has 1 heterocycles. The molecule has 7 heteroatoms. The number of hydrogen-bond donors (Lipinski definition) is 3. The average Bonchev–Trinajstić information content (AvgIpc) is 2.71. The molecule has 1 saturated heterocycles. The van der Waals surface area contributed by atoms with Crippen LogP contribution in [-0.2, 0) is 19.1 Å². The van der Waals surface area contributed by atoms with E-state index in [-0.39, 0.29) is 12.5 Å². The Morgan fingerprint density at radius 2 is 2.00 bits per heavy atom. The van der Waals surface area contributed by atoms with Crippen molar-refractivity contribution in [2.45, 2.75) is 25.4 Å². The smallest absolute Gasteiger partial charge is 0.322 e. The molecule has 1 aliphatic rings. The van der Waals surface area contributed by atoms with E-state index in [2.05, 4.69) is 10.6 Å². The van der Waals surface area contributed by atoms with E-state index in [4.69, 9.17) is 9.84 Å². The van der Waals surface area contributed by atoms with Gasteiger partial charge in [-0.2, -0.15) is 0 Å². The third kappa shape index (κ3) is 4.03. The van der Waals surface area contributed by atoms with Crippen LogP contribution in [0.4, 0.5) is 0 Å². The fourth-order valence-corrected chi connectivity index (χ4v) is 1.54. The summed E-state index contributed by atoms with van der Waals surface area (Å²) in [5.74, 6) is -2.02. The van der Waals surface area contributed by atoms with Gasteiger partial charge in [0.15, 0.2) is 0 Å². The van der Waals surface area contributed by atoms with Gasteiger partial charge in [-0.05, 0) is 19.8 Å². The standard InChI is InChI=1S/C10H16N2O5/c1-10(3-2-4-17-10)9(16)12-5-7(13)11-6-8(14)15/h2-6H2,1H3,(H,11,13)(H,12,16)(H,14,15). The SMILES string of the molecule is CC1(C(=O)NCC(=O)NCC(=O)O)CCCO1. The maximum Gasteiger partial charge on any atom is 0.322 e. The molecular formula is C10H16N2O5. The van der Waals surface area contributed by atoms with E-state index in [1.54, 1.807) is 6.92 Å². The predicted octanol–water partition coefficient (Wildman–Crippen LogP) is -1.13. The lowest BCUT2D eigenvalue weighted by Gasteiger charge is -2.21. The molecule has 1 atom stereocenters. The summed E-state index contributed by atoms with van der Waals surface area (Å²) in [5.41, 5.74) is -0.868. The molecule has 0 aliphatic carbocycles. The maximum absolute atomic E-state index is 11.7. The van der Waals surface area contributed by atoms with Crippen LogP contribution in [0.25, 0.3) is 0 Å². The molecule has 96 valence electrons. The third-order valence-corrected chi connectivity index (χ3v) is 2.55. The molecule has 3 N–H and O–H groups in total. The Bertz CT molecular complexity index is 323. The second kappa shape index (κ2) is 5.62. The number of carboxylic acid groups (broad SMARTS) is 1. The molecule has 0 aromatic carbocycles. The summed E-state index contributed by atoms with van der Waals surface area (Å²) in [6.07, 6.45) is 1.44. The van der Waals surface area contributed by atoms with Crippen LogP contribution in [0.1, 0.15) is 19.8 Å². The molecule has 17 heavy (non-hydrogen) atoms. The highest BCUT2D eigenvalue weighted by Gasteiger charge is 2.37. The first-order chi connectivity index (χ1) is 7.94. The van der Waals surface area contributed by atoms with Crippen molar-refractivity contribution in [3.05, 3.63) is 0 Å². The highest BCUT2D eigenvalue weighted by molar-refractivity contribution is 5.90. The number of amides is 2. The molecule has 0 bridgehead atoms. The Labute approximate surface area is 98.5 Å². The minimum atomic E-state index is -1.13.